The van der Waals surface area contributed by atoms with Crippen molar-refractivity contribution in [3.63, 3.8) is 0 Å². The van der Waals surface area contributed by atoms with Gasteiger partial charge in [0.15, 0.2) is 0 Å². The van der Waals surface area contributed by atoms with Crippen LogP contribution in [0.15, 0.2) is 48.9 Å². The Morgan fingerprint density at radius 1 is 1.00 bits per heavy atom. The molecule has 0 aliphatic heterocycles. The van der Waals surface area contributed by atoms with E-state index in [1.54, 1.807) is 0 Å². The molecule has 25 heavy (non-hydrogen) atoms. The van der Waals surface area contributed by atoms with E-state index in [0.717, 1.165) is 29.0 Å². The molecule has 2 heterocycles. The van der Waals surface area contributed by atoms with E-state index in [2.05, 4.69) is 32.1 Å². The van der Waals surface area contributed by atoms with Crippen LogP contribution in [0.4, 0.5) is 19.0 Å². The van der Waals surface area contributed by atoms with E-state index in [1.807, 2.05) is 24.3 Å². The molecule has 0 spiro atoms. The number of nitrogens with zero attached hydrogens (tertiary/aromatic N) is 3. The van der Waals surface area contributed by atoms with E-state index in [0.29, 0.717) is 18.7 Å². The molecule has 0 saturated carbocycles. The second-order valence-electron chi connectivity index (χ2n) is 5.15. The van der Waals surface area contributed by atoms with Gasteiger partial charge in [-0.2, -0.15) is 13.2 Å². The number of para-hydroxylation sites is 1. The molecule has 0 bridgehead atoms. The second-order valence-corrected chi connectivity index (χ2v) is 5.15. The zero-order chi connectivity index (χ0) is 17.7. The second kappa shape index (κ2) is 7.18. The van der Waals surface area contributed by atoms with Crippen LogP contribution in [0, 0.1) is 11.8 Å². The van der Waals surface area contributed by atoms with Crippen molar-refractivity contribution in [1.29, 1.82) is 0 Å². The van der Waals surface area contributed by atoms with Gasteiger partial charge in [0.25, 0.3) is 0 Å². The van der Waals surface area contributed by atoms with E-state index in [4.69, 9.17) is 0 Å². The van der Waals surface area contributed by atoms with Crippen LogP contribution in [-0.4, -0.2) is 21.5 Å². The largest absolute Gasteiger partial charge is 0.417 e. The molecular formula is C18H13F3N4. The number of anilines is 1. The molecule has 1 aromatic carbocycles. The fraction of sp³-hybridized carbons (Fsp3) is 0.167. The highest BCUT2D eigenvalue weighted by atomic mass is 19.4. The van der Waals surface area contributed by atoms with Crippen LogP contribution in [0.25, 0.3) is 10.9 Å². The normalized spacial score (nSPS) is 11.0. The van der Waals surface area contributed by atoms with Gasteiger partial charge >= 0.3 is 6.18 Å². The van der Waals surface area contributed by atoms with Crippen molar-refractivity contribution in [2.24, 2.45) is 0 Å². The lowest BCUT2D eigenvalue weighted by Crippen LogP contribution is -2.05. The Balaban J connectivity index is 1.58. The maximum Gasteiger partial charge on any atom is 0.417 e. The summed E-state index contributed by atoms with van der Waals surface area (Å²) in [6, 6.07) is 9.88. The predicted molar refractivity (Wildman–Crippen MR) is 88.8 cm³/mol. The zero-order valence-corrected chi connectivity index (χ0v) is 13.0. The summed E-state index contributed by atoms with van der Waals surface area (Å²) in [5, 5.41) is 4.10. The van der Waals surface area contributed by atoms with Gasteiger partial charge in [-0.1, -0.05) is 18.1 Å². The Morgan fingerprint density at radius 2 is 1.84 bits per heavy atom. The van der Waals surface area contributed by atoms with Crippen molar-refractivity contribution in [1.82, 2.24) is 15.0 Å². The summed E-state index contributed by atoms with van der Waals surface area (Å²) in [7, 11) is 0. The van der Waals surface area contributed by atoms with Crippen LogP contribution >= 0.6 is 0 Å². The number of aromatic nitrogens is 3. The molecule has 0 atom stereocenters. The zero-order valence-electron chi connectivity index (χ0n) is 13.0. The molecule has 0 radical (unpaired) electrons. The number of nitrogens with one attached hydrogen (secondary N) is 1. The van der Waals surface area contributed by atoms with Crippen LogP contribution < -0.4 is 5.32 Å². The van der Waals surface area contributed by atoms with E-state index < -0.39 is 11.7 Å². The van der Waals surface area contributed by atoms with Crippen molar-refractivity contribution < 1.29 is 13.2 Å². The minimum absolute atomic E-state index is 0.306. The quantitative estimate of drug-likeness (QED) is 0.579. The Labute approximate surface area is 142 Å². The van der Waals surface area contributed by atoms with E-state index >= 15 is 0 Å². The van der Waals surface area contributed by atoms with Gasteiger partial charge in [-0.05, 0) is 30.2 Å². The molecular weight excluding hydrogens is 329 g/mol. The van der Waals surface area contributed by atoms with Crippen LogP contribution in [0.3, 0.4) is 0 Å². The van der Waals surface area contributed by atoms with Crippen molar-refractivity contribution in [3.05, 3.63) is 60.2 Å². The van der Waals surface area contributed by atoms with Crippen LogP contribution in [0.1, 0.15) is 17.7 Å². The lowest BCUT2D eigenvalue weighted by Gasteiger charge is -2.06. The van der Waals surface area contributed by atoms with Gasteiger partial charge in [-0.25, -0.2) is 15.0 Å². The number of benzene rings is 1. The first kappa shape index (κ1) is 16.7. The highest BCUT2D eigenvalue weighted by Crippen LogP contribution is 2.28. The predicted octanol–water partition coefficient (Wildman–Crippen LogP) is 3.90. The number of halogens is 3. The third-order valence-electron chi connectivity index (χ3n) is 3.39. The lowest BCUT2D eigenvalue weighted by atomic mass is 10.2. The average Bonchev–Trinajstić information content (AvgIpc) is 2.61. The first-order chi connectivity index (χ1) is 12.0. The monoisotopic (exact) mass is 342 g/mol. The van der Waals surface area contributed by atoms with Crippen LogP contribution in [-0.2, 0) is 6.18 Å². The summed E-state index contributed by atoms with van der Waals surface area (Å²) in [4.78, 5) is 12.1. The molecule has 3 rings (SSSR count). The van der Waals surface area contributed by atoms with Gasteiger partial charge in [0.1, 0.15) is 17.8 Å². The van der Waals surface area contributed by atoms with Gasteiger partial charge in [-0.15, -0.1) is 0 Å². The summed E-state index contributed by atoms with van der Waals surface area (Å²) in [5.74, 6) is 6.35. The minimum atomic E-state index is -4.39. The molecule has 0 aliphatic carbocycles. The average molecular weight is 342 g/mol. The minimum Gasteiger partial charge on any atom is -0.368 e. The fourth-order valence-electron chi connectivity index (χ4n) is 2.18. The number of alkyl halides is 3. The first-order valence-electron chi connectivity index (χ1n) is 7.50. The fourth-order valence-corrected chi connectivity index (χ4v) is 2.18. The molecule has 1 N–H and O–H groups in total. The Bertz CT molecular complexity index is 919. The third kappa shape index (κ3) is 4.23. The molecule has 4 nitrogen and oxygen atoms in total. The molecule has 0 saturated heterocycles. The Morgan fingerprint density at radius 3 is 2.60 bits per heavy atom. The van der Waals surface area contributed by atoms with Gasteiger partial charge < -0.3 is 5.32 Å². The topological polar surface area (TPSA) is 50.7 Å². The van der Waals surface area contributed by atoms with E-state index in [-0.39, 0.29) is 0 Å². The smallest absolute Gasteiger partial charge is 0.368 e. The molecule has 7 heteroatoms. The Hall–Kier alpha value is -3.14. The van der Waals surface area contributed by atoms with Crippen LogP contribution in [0.5, 0.6) is 0 Å². The number of hydrogen-bond acceptors (Lipinski definition) is 4. The van der Waals surface area contributed by atoms with Gasteiger partial charge in [0.2, 0.25) is 0 Å². The Kier molecular flexibility index (Phi) is 4.80. The van der Waals surface area contributed by atoms with E-state index in [9.17, 15) is 13.2 Å². The summed E-state index contributed by atoms with van der Waals surface area (Å²) in [6.07, 6.45) is -1.61. The lowest BCUT2D eigenvalue weighted by molar-refractivity contribution is -0.137. The van der Waals surface area contributed by atoms with Gasteiger partial charge in [0, 0.05) is 24.5 Å². The molecule has 2 aromatic heterocycles. The highest BCUT2D eigenvalue weighted by Gasteiger charge is 2.30. The third-order valence-corrected chi connectivity index (χ3v) is 3.39. The van der Waals surface area contributed by atoms with Crippen molar-refractivity contribution >= 4 is 16.7 Å². The van der Waals surface area contributed by atoms with Crippen molar-refractivity contribution in [2.45, 2.75) is 12.6 Å². The van der Waals surface area contributed by atoms with Gasteiger partial charge in [0.05, 0.1) is 11.1 Å². The number of rotatable bonds is 3. The number of hydrogen-bond donors (Lipinski definition) is 1. The maximum atomic E-state index is 12.4. The van der Waals surface area contributed by atoms with E-state index in [1.165, 1.54) is 12.4 Å². The summed E-state index contributed by atoms with van der Waals surface area (Å²) >= 11 is 0. The molecule has 0 unspecified atom stereocenters. The molecule has 0 amide bonds. The van der Waals surface area contributed by atoms with Crippen molar-refractivity contribution in [3.8, 4) is 11.8 Å². The number of pyridine rings is 1. The molecule has 3 aromatic rings. The summed E-state index contributed by atoms with van der Waals surface area (Å²) in [6.45, 7) is 0.550. The first-order valence-corrected chi connectivity index (χ1v) is 7.50. The highest BCUT2D eigenvalue weighted by molar-refractivity contribution is 5.88. The summed E-state index contributed by atoms with van der Waals surface area (Å²) in [5.41, 5.74) is 0.371. The van der Waals surface area contributed by atoms with Crippen LogP contribution in [0.2, 0.25) is 0 Å². The summed E-state index contributed by atoms with van der Waals surface area (Å²) < 4.78 is 37.3. The molecule has 0 aliphatic rings. The SMILES string of the molecule is FC(F)(F)c1ccc(C#CCCNc2ncnc3ccccc23)nc1. The standard InChI is InChI=1S/C18H13F3N4/c19-18(20,21)13-8-9-14(23-11-13)5-3-4-10-22-17-15-6-1-2-7-16(15)24-12-25-17/h1-2,6-9,11-12H,4,10H2,(H,22,24,25). The van der Waals surface area contributed by atoms with Crippen molar-refractivity contribution in [2.75, 3.05) is 11.9 Å². The molecule has 0 fully saturated rings. The van der Waals surface area contributed by atoms with Gasteiger partial charge in [-0.3, -0.25) is 0 Å². The number of fused-ring (bicyclic) bond motifs is 1. The molecule has 126 valence electrons. The maximum absolute atomic E-state index is 12.4.